The average Bonchev–Trinajstić information content (AvgIpc) is 2.81. The van der Waals surface area contributed by atoms with Crippen LogP contribution < -0.4 is 5.32 Å². The van der Waals surface area contributed by atoms with Gasteiger partial charge in [0.2, 0.25) is 5.91 Å². The van der Waals surface area contributed by atoms with Crippen LogP contribution in [0.2, 0.25) is 0 Å². The minimum Gasteiger partial charge on any atom is -0.445 e. The van der Waals surface area contributed by atoms with Crippen LogP contribution in [0.1, 0.15) is 31.7 Å². The summed E-state index contributed by atoms with van der Waals surface area (Å²) in [6.45, 7) is 3.67. The zero-order chi connectivity index (χ0) is 18.8. The largest absolute Gasteiger partial charge is 0.445 e. The number of nitrogens with one attached hydrogen (secondary N) is 1. The van der Waals surface area contributed by atoms with Gasteiger partial charge < -0.3 is 15.0 Å². The third kappa shape index (κ3) is 6.64. The maximum atomic E-state index is 12.2. The van der Waals surface area contributed by atoms with E-state index in [1.807, 2.05) is 37.3 Å². The number of hydrogen-bond donors (Lipinski definition) is 1. The van der Waals surface area contributed by atoms with Gasteiger partial charge in [0, 0.05) is 37.0 Å². The lowest BCUT2D eigenvalue weighted by molar-refractivity contribution is -0.131. The van der Waals surface area contributed by atoms with Crippen LogP contribution in [-0.2, 0) is 16.1 Å². The second-order valence-electron chi connectivity index (χ2n) is 6.59. The van der Waals surface area contributed by atoms with Crippen molar-refractivity contribution < 1.29 is 14.3 Å². The van der Waals surface area contributed by atoms with Crippen molar-refractivity contribution in [3.63, 3.8) is 0 Å². The molecule has 2 rings (SSSR count). The summed E-state index contributed by atoms with van der Waals surface area (Å²) in [4.78, 5) is 28.8. The van der Waals surface area contributed by atoms with Gasteiger partial charge in [0.25, 0.3) is 0 Å². The highest BCUT2D eigenvalue weighted by Crippen LogP contribution is 2.14. The maximum absolute atomic E-state index is 12.2. The number of hydrogen-bond acceptors (Lipinski definition) is 4. The molecule has 0 radical (unpaired) electrons. The quantitative estimate of drug-likeness (QED) is 0.458. The number of rotatable bonds is 7. The number of carbonyl (C=O) groups excluding carboxylic acids is 2. The van der Waals surface area contributed by atoms with Crippen LogP contribution in [0.5, 0.6) is 0 Å². The minimum absolute atomic E-state index is 0.0692. The highest BCUT2D eigenvalue weighted by Gasteiger charge is 2.24. The van der Waals surface area contributed by atoms with E-state index in [0.29, 0.717) is 38.9 Å². The van der Waals surface area contributed by atoms with Crippen molar-refractivity contribution in [1.82, 2.24) is 10.2 Å². The molecule has 140 valence electrons. The van der Waals surface area contributed by atoms with E-state index in [2.05, 4.69) is 15.3 Å². The first-order chi connectivity index (χ1) is 12.6. The van der Waals surface area contributed by atoms with Gasteiger partial charge in [0.05, 0.1) is 0 Å². The van der Waals surface area contributed by atoms with E-state index in [1.54, 1.807) is 4.90 Å². The lowest BCUT2D eigenvalue weighted by Gasteiger charge is -2.24. The third-order valence-corrected chi connectivity index (χ3v) is 4.33. The van der Waals surface area contributed by atoms with Crippen LogP contribution in [0.15, 0.2) is 35.4 Å². The first-order valence-corrected chi connectivity index (χ1v) is 8.84. The first-order valence-electron chi connectivity index (χ1n) is 8.84. The molecule has 26 heavy (non-hydrogen) atoms. The molecule has 1 aliphatic rings. The molecule has 0 aromatic heterocycles. The van der Waals surface area contributed by atoms with E-state index in [0.717, 1.165) is 5.56 Å². The van der Waals surface area contributed by atoms with Gasteiger partial charge in [-0.05, 0) is 29.9 Å². The summed E-state index contributed by atoms with van der Waals surface area (Å²) in [5.41, 5.74) is 9.31. The zero-order valence-electron chi connectivity index (χ0n) is 15.0. The Morgan fingerprint density at radius 1 is 1.42 bits per heavy atom. The zero-order valence-corrected chi connectivity index (χ0v) is 15.0. The van der Waals surface area contributed by atoms with Gasteiger partial charge >= 0.3 is 6.09 Å². The lowest BCUT2D eigenvalue weighted by Crippen LogP contribution is -2.37. The predicted molar refractivity (Wildman–Crippen MR) is 97.2 cm³/mol. The highest BCUT2D eigenvalue weighted by atomic mass is 16.5. The van der Waals surface area contributed by atoms with Crippen molar-refractivity contribution in [3.8, 4) is 0 Å². The van der Waals surface area contributed by atoms with Gasteiger partial charge in [-0.3, -0.25) is 4.79 Å². The van der Waals surface area contributed by atoms with Crippen molar-refractivity contribution in [1.29, 1.82) is 0 Å². The van der Waals surface area contributed by atoms with Crippen molar-refractivity contribution >= 4 is 12.0 Å². The monoisotopic (exact) mass is 359 g/mol. The molecule has 0 saturated carbocycles. The van der Waals surface area contributed by atoms with Gasteiger partial charge in [-0.2, -0.15) is 0 Å². The fourth-order valence-electron chi connectivity index (χ4n) is 2.92. The number of alkyl carbamates (subject to hydrolysis) is 1. The van der Waals surface area contributed by atoms with Crippen molar-refractivity contribution in [2.75, 3.05) is 19.6 Å². The normalized spacial score (nSPS) is 18.4. The predicted octanol–water partition coefficient (Wildman–Crippen LogP) is 3.24. The number of amides is 2. The molecule has 8 nitrogen and oxygen atoms in total. The van der Waals surface area contributed by atoms with Crippen LogP contribution in [0.4, 0.5) is 4.79 Å². The molecule has 0 spiro atoms. The maximum Gasteiger partial charge on any atom is 0.407 e. The first kappa shape index (κ1) is 19.6. The third-order valence-electron chi connectivity index (χ3n) is 4.33. The van der Waals surface area contributed by atoms with Crippen LogP contribution in [0, 0.1) is 5.92 Å². The lowest BCUT2D eigenvalue weighted by atomic mass is 10.1. The van der Waals surface area contributed by atoms with Crippen LogP contribution in [-0.4, -0.2) is 42.6 Å². The molecule has 1 fully saturated rings. The SMILES string of the molecule is C[C@@H](CN=[N+]=[N-])CN1CC[C@H](NC(=O)OCc2ccccc2)CCC1=O. The van der Waals surface area contributed by atoms with E-state index in [1.165, 1.54) is 0 Å². The van der Waals surface area contributed by atoms with Gasteiger partial charge in [0.15, 0.2) is 0 Å². The molecular weight excluding hydrogens is 334 g/mol. The molecule has 0 unspecified atom stereocenters. The molecule has 0 aliphatic carbocycles. The highest BCUT2D eigenvalue weighted by molar-refractivity contribution is 5.76. The molecule has 1 N–H and O–H groups in total. The molecule has 1 aromatic rings. The Balaban J connectivity index is 1.76. The summed E-state index contributed by atoms with van der Waals surface area (Å²) in [7, 11) is 0. The summed E-state index contributed by atoms with van der Waals surface area (Å²) in [5, 5.41) is 6.41. The van der Waals surface area contributed by atoms with Crippen molar-refractivity contribution in [2.24, 2.45) is 11.0 Å². The summed E-state index contributed by atoms with van der Waals surface area (Å²) in [5.74, 6) is 0.176. The van der Waals surface area contributed by atoms with Crippen molar-refractivity contribution in [3.05, 3.63) is 46.3 Å². The summed E-state index contributed by atoms with van der Waals surface area (Å²) < 4.78 is 5.24. The van der Waals surface area contributed by atoms with Crippen LogP contribution in [0.25, 0.3) is 10.4 Å². The van der Waals surface area contributed by atoms with Crippen LogP contribution in [0.3, 0.4) is 0 Å². The molecule has 2 amide bonds. The van der Waals surface area contributed by atoms with Gasteiger partial charge in [0.1, 0.15) is 6.61 Å². The van der Waals surface area contributed by atoms with Gasteiger partial charge in [-0.15, -0.1) is 0 Å². The van der Waals surface area contributed by atoms with Crippen molar-refractivity contribution in [2.45, 2.75) is 38.8 Å². The number of carbonyl (C=O) groups is 2. The minimum atomic E-state index is -0.462. The summed E-state index contributed by atoms with van der Waals surface area (Å²) >= 11 is 0. The summed E-state index contributed by atoms with van der Waals surface area (Å²) in [6, 6.07) is 9.40. The Kier molecular flexibility index (Phi) is 7.76. The fourth-order valence-corrected chi connectivity index (χ4v) is 2.92. The number of ether oxygens (including phenoxy) is 1. The van der Waals surface area contributed by atoms with Crippen LogP contribution >= 0.6 is 0 Å². The molecule has 1 aromatic carbocycles. The van der Waals surface area contributed by atoms with Gasteiger partial charge in [-0.1, -0.05) is 42.4 Å². The molecule has 1 aliphatic heterocycles. The van der Waals surface area contributed by atoms with E-state index in [9.17, 15) is 9.59 Å². The Hall–Kier alpha value is -2.73. The standard InChI is InChI=1S/C18H25N5O3/c1-14(11-20-22-19)12-23-10-9-16(7-8-17(23)24)21-18(25)26-13-15-5-3-2-4-6-15/h2-6,14,16H,7-13H2,1H3,(H,21,25)/t14-,16+/m0/s1. The number of likely N-dealkylation sites (tertiary alicyclic amines) is 1. The van der Waals surface area contributed by atoms with E-state index in [4.69, 9.17) is 10.3 Å². The van der Waals surface area contributed by atoms with E-state index in [-0.39, 0.29) is 24.5 Å². The van der Waals surface area contributed by atoms with Gasteiger partial charge in [-0.25, -0.2) is 4.79 Å². The number of azide groups is 1. The second-order valence-corrected chi connectivity index (χ2v) is 6.59. The second kappa shape index (κ2) is 10.3. The topological polar surface area (TPSA) is 107 Å². The molecule has 1 saturated heterocycles. The molecule has 1 heterocycles. The Bertz CT molecular complexity index is 645. The Morgan fingerprint density at radius 3 is 2.92 bits per heavy atom. The van der Waals surface area contributed by atoms with E-state index < -0.39 is 6.09 Å². The number of nitrogens with zero attached hydrogens (tertiary/aromatic N) is 4. The molecular formula is C18H25N5O3. The molecule has 0 bridgehead atoms. The molecule has 8 heteroatoms. The average molecular weight is 359 g/mol. The molecule has 2 atom stereocenters. The van der Waals surface area contributed by atoms with E-state index >= 15 is 0 Å². The Morgan fingerprint density at radius 2 is 2.19 bits per heavy atom. The number of benzene rings is 1. The fraction of sp³-hybridized carbons (Fsp3) is 0.556. The smallest absolute Gasteiger partial charge is 0.407 e. The summed E-state index contributed by atoms with van der Waals surface area (Å²) in [6.07, 6.45) is 1.20. The Labute approximate surface area is 153 Å².